The van der Waals surface area contributed by atoms with Crippen molar-refractivity contribution in [1.29, 1.82) is 0 Å². The lowest BCUT2D eigenvalue weighted by Crippen LogP contribution is -2.37. The number of fused-ring (bicyclic) bond motifs is 1. The van der Waals surface area contributed by atoms with Crippen molar-refractivity contribution >= 4 is 28.5 Å². The van der Waals surface area contributed by atoms with Gasteiger partial charge >= 0.3 is 5.69 Å². The number of aromatic nitrogens is 2. The van der Waals surface area contributed by atoms with Gasteiger partial charge in [0.1, 0.15) is 5.75 Å². The minimum absolute atomic E-state index is 0.229. The van der Waals surface area contributed by atoms with Crippen molar-refractivity contribution in [2.75, 3.05) is 0 Å². The highest BCUT2D eigenvalue weighted by molar-refractivity contribution is 6.31. The summed E-state index contributed by atoms with van der Waals surface area (Å²) >= 11 is 6.00. The lowest BCUT2D eigenvalue weighted by atomic mass is 10.1. The lowest BCUT2D eigenvalue weighted by molar-refractivity contribution is -0.127. The molecule has 2 atom stereocenters. The Morgan fingerprint density at radius 2 is 1.85 bits per heavy atom. The van der Waals surface area contributed by atoms with Gasteiger partial charge in [-0.25, -0.2) is 4.79 Å². The van der Waals surface area contributed by atoms with E-state index in [4.69, 9.17) is 16.3 Å². The number of benzene rings is 2. The number of carbonyl (C=O) groups excluding carboxylic acids is 1. The summed E-state index contributed by atoms with van der Waals surface area (Å²) < 4.78 is 5.70. The molecular weight excluding hydrogens is 354 g/mol. The Morgan fingerprint density at radius 1 is 1.12 bits per heavy atom. The molecule has 3 rings (SSSR count). The molecule has 0 aliphatic heterocycles. The van der Waals surface area contributed by atoms with Crippen molar-refractivity contribution in [3.05, 3.63) is 63.0 Å². The number of aromatic amines is 2. The van der Waals surface area contributed by atoms with Crippen LogP contribution in [0.25, 0.3) is 11.0 Å². The molecule has 0 fully saturated rings. The van der Waals surface area contributed by atoms with E-state index < -0.39 is 6.10 Å². The molecule has 3 aromatic rings. The second kappa shape index (κ2) is 7.25. The molecule has 136 valence electrons. The Balaban J connectivity index is 1.66. The van der Waals surface area contributed by atoms with E-state index in [1.807, 2.05) is 32.0 Å². The van der Waals surface area contributed by atoms with Gasteiger partial charge in [0, 0.05) is 5.02 Å². The summed E-state index contributed by atoms with van der Waals surface area (Å²) in [5, 5.41) is 3.58. The number of amides is 1. The minimum Gasteiger partial charge on any atom is -0.481 e. The maximum absolute atomic E-state index is 12.4. The van der Waals surface area contributed by atoms with Gasteiger partial charge in [0.25, 0.3) is 5.91 Å². The molecule has 7 heteroatoms. The Morgan fingerprint density at radius 3 is 2.58 bits per heavy atom. The highest BCUT2D eigenvalue weighted by Gasteiger charge is 2.18. The molecule has 6 nitrogen and oxygen atoms in total. The highest BCUT2D eigenvalue weighted by Crippen LogP contribution is 2.22. The van der Waals surface area contributed by atoms with Gasteiger partial charge in [-0.15, -0.1) is 0 Å². The second-order valence-corrected chi connectivity index (χ2v) is 6.69. The summed E-state index contributed by atoms with van der Waals surface area (Å²) in [5.74, 6) is 0.362. The molecule has 26 heavy (non-hydrogen) atoms. The van der Waals surface area contributed by atoms with E-state index in [1.54, 1.807) is 25.1 Å². The van der Waals surface area contributed by atoms with E-state index in [0.717, 1.165) is 16.6 Å². The van der Waals surface area contributed by atoms with E-state index in [1.165, 1.54) is 0 Å². The first-order valence-corrected chi connectivity index (χ1v) is 8.66. The number of hydrogen-bond acceptors (Lipinski definition) is 3. The fourth-order valence-electron chi connectivity index (χ4n) is 2.68. The minimum atomic E-state index is -0.658. The summed E-state index contributed by atoms with van der Waals surface area (Å²) in [6.07, 6.45) is -0.658. The van der Waals surface area contributed by atoms with Gasteiger partial charge in [0.2, 0.25) is 0 Å². The molecule has 2 aromatic carbocycles. The third-order valence-corrected chi connectivity index (χ3v) is 4.63. The number of imidazole rings is 1. The third kappa shape index (κ3) is 3.91. The maximum Gasteiger partial charge on any atom is 0.323 e. The number of rotatable bonds is 5. The zero-order valence-electron chi connectivity index (χ0n) is 14.7. The number of ether oxygens (including phenoxy) is 1. The van der Waals surface area contributed by atoms with Crippen molar-refractivity contribution < 1.29 is 9.53 Å². The summed E-state index contributed by atoms with van der Waals surface area (Å²) in [6, 6.07) is 10.6. The van der Waals surface area contributed by atoms with Crippen molar-refractivity contribution in [3.8, 4) is 5.75 Å². The Labute approximate surface area is 155 Å². The first kappa shape index (κ1) is 18.1. The third-order valence-electron chi connectivity index (χ3n) is 4.21. The molecule has 0 saturated heterocycles. The van der Waals surface area contributed by atoms with Crippen LogP contribution in [0.4, 0.5) is 0 Å². The van der Waals surface area contributed by atoms with Crippen molar-refractivity contribution in [1.82, 2.24) is 15.3 Å². The van der Waals surface area contributed by atoms with E-state index in [2.05, 4.69) is 15.3 Å². The monoisotopic (exact) mass is 373 g/mol. The topological polar surface area (TPSA) is 87.0 Å². The predicted molar refractivity (Wildman–Crippen MR) is 102 cm³/mol. The maximum atomic E-state index is 12.4. The lowest BCUT2D eigenvalue weighted by Gasteiger charge is -2.19. The van der Waals surface area contributed by atoms with Crippen LogP contribution in [-0.4, -0.2) is 22.0 Å². The van der Waals surface area contributed by atoms with Crippen LogP contribution in [0.5, 0.6) is 5.75 Å². The molecule has 0 spiro atoms. The number of H-pyrrole nitrogens is 2. The van der Waals surface area contributed by atoms with Crippen molar-refractivity contribution in [3.63, 3.8) is 0 Å². The number of halogens is 1. The van der Waals surface area contributed by atoms with Gasteiger partial charge in [0.15, 0.2) is 6.10 Å². The average Bonchev–Trinajstić information content (AvgIpc) is 2.97. The Bertz CT molecular complexity index is 1010. The molecule has 1 heterocycles. The fourth-order valence-corrected chi connectivity index (χ4v) is 2.80. The normalized spacial score (nSPS) is 13.4. The van der Waals surface area contributed by atoms with Gasteiger partial charge < -0.3 is 20.0 Å². The second-order valence-electron chi connectivity index (χ2n) is 6.29. The standard InChI is InChI=1S/C19H20ClN3O3/c1-10-8-14(5-6-15(10)20)26-12(3)18(24)21-11(2)13-4-7-16-17(9-13)23-19(25)22-16/h4-9,11-12H,1-3H3,(H,21,24)(H2,22,23,25). The Hall–Kier alpha value is -2.73. The summed E-state index contributed by atoms with van der Waals surface area (Å²) in [7, 11) is 0. The smallest absolute Gasteiger partial charge is 0.323 e. The van der Waals surface area contributed by atoms with Crippen LogP contribution >= 0.6 is 11.6 Å². The van der Waals surface area contributed by atoms with Crippen LogP contribution in [-0.2, 0) is 4.79 Å². The van der Waals surface area contributed by atoms with Gasteiger partial charge in [-0.2, -0.15) is 0 Å². The average molecular weight is 374 g/mol. The zero-order chi connectivity index (χ0) is 18.8. The van der Waals surface area contributed by atoms with E-state index >= 15 is 0 Å². The van der Waals surface area contributed by atoms with Crippen molar-refractivity contribution in [2.45, 2.75) is 32.9 Å². The molecule has 3 N–H and O–H groups in total. The van der Waals surface area contributed by atoms with Gasteiger partial charge in [0.05, 0.1) is 17.1 Å². The van der Waals surface area contributed by atoms with Crippen LogP contribution < -0.4 is 15.7 Å². The molecule has 1 amide bonds. The summed E-state index contributed by atoms with van der Waals surface area (Å²) in [6.45, 7) is 5.45. The molecule has 0 aliphatic carbocycles. The van der Waals surface area contributed by atoms with Gasteiger partial charge in [-0.05, 0) is 62.2 Å². The van der Waals surface area contributed by atoms with Crippen LogP contribution in [0.15, 0.2) is 41.2 Å². The molecule has 1 aromatic heterocycles. The number of aryl methyl sites for hydroxylation is 1. The molecular formula is C19H20ClN3O3. The number of carbonyl (C=O) groups is 1. The van der Waals surface area contributed by atoms with Crippen LogP contribution in [0.2, 0.25) is 5.02 Å². The van der Waals surface area contributed by atoms with E-state index in [-0.39, 0.29) is 17.6 Å². The van der Waals surface area contributed by atoms with Crippen LogP contribution in [0, 0.1) is 6.92 Å². The molecule has 0 bridgehead atoms. The fraction of sp³-hybridized carbons (Fsp3) is 0.263. The summed E-state index contributed by atoms with van der Waals surface area (Å²) in [5.41, 5.74) is 2.95. The van der Waals surface area contributed by atoms with Crippen molar-refractivity contribution in [2.24, 2.45) is 0 Å². The van der Waals surface area contributed by atoms with Crippen LogP contribution in [0.1, 0.15) is 31.0 Å². The molecule has 2 unspecified atom stereocenters. The summed E-state index contributed by atoms with van der Waals surface area (Å²) in [4.78, 5) is 29.2. The first-order valence-electron chi connectivity index (χ1n) is 8.28. The zero-order valence-corrected chi connectivity index (χ0v) is 15.5. The molecule has 0 aliphatic rings. The highest BCUT2D eigenvalue weighted by atomic mass is 35.5. The largest absolute Gasteiger partial charge is 0.481 e. The Kier molecular flexibility index (Phi) is 5.04. The van der Waals surface area contributed by atoms with Crippen LogP contribution in [0.3, 0.4) is 0 Å². The van der Waals surface area contributed by atoms with E-state index in [0.29, 0.717) is 16.3 Å². The number of hydrogen-bond donors (Lipinski definition) is 3. The van der Waals surface area contributed by atoms with Gasteiger partial charge in [-0.1, -0.05) is 17.7 Å². The van der Waals surface area contributed by atoms with Gasteiger partial charge in [-0.3, -0.25) is 4.79 Å². The molecule has 0 radical (unpaired) electrons. The quantitative estimate of drug-likeness (QED) is 0.640. The van der Waals surface area contributed by atoms with E-state index in [9.17, 15) is 9.59 Å². The SMILES string of the molecule is Cc1cc(OC(C)C(=O)NC(C)c2ccc3[nH]c(=O)[nH]c3c2)ccc1Cl. The number of nitrogens with one attached hydrogen (secondary N) is 3. The molecule has 0 saturated carbocycles. The predicted octanol–water partition coefficient (Wildman–Crippen LogP) is 3.46. The first-order chi connectivity index (χ1) is 12.3.